The molecule has 1 aliphatic rings. The van der Waals surface area contributed by atoms with Crippen LogP contribution in [0, 0.1) is 0 Å². The minimum atomic E-state index is -0.645. The van der Waals surface area contributed by atoms with Gasteiger partial charge in [0, 0.05) is 24.0 Å². The number of hydrogen-bond acceptors (Lipinski definition) is 2. The van der Waals surface area contributed by atoms with Crippen molar-refractivity contribution >= 4 is 12.2 Å². The number of primary amides is 1. The molecule has 5 nitrogen and oxygen atoms in total. The third kappa shape index (κ3) is 3.34. The lowest BCUT2D eigenvalue weighted by atomic mass is 9.95. The van der Waals surface area contributed by atoms with Gasteiger partial charge in [-0.1, -0.05) is 19.3 Å². The Balaban J connectivity index is 1.95. The van der Waals surface area contributed by atoms with Crippen molar-refractivity contribution in [1.82, 2.24) is 9.99 Å². The molecule has 3 N–H and O–H groups in total. The molecule has 92 valence electrons. The topological polar surface area (TPSA) is 72.4 Å². The minimum Gasteiger partial charge on any atom is -0.351 e. The van der Waals surface area contributed by atoms with Crippen LogP contribution in [-0.2, 0) is 0 Å². The molecule has 0 bridgehead atoms. The van der Waals surface area contributed by atoms with Crippen LogP contribution in [0.4, 0.5) is 4.79 Å². The summed E-state index contributed by atoms with van der Waals surface area (Å²) >= 11 is 0. The van der Waals surface area contributed by atoms with E-state index in [-0.39, 0.29) is 0 Å². The van der Waals surface area contributed by atoms with Gasteiger partial charge in [0.15, 0.2) is 0 Å². The van der Waals surface area contributed by atoms with Crippen molar-refractivity contribution in [2.45, 2.75) is 38.1 Å². The fourth-order valence-electron chi connectivity index (χ4n) is 2.28. The predicted molar refractivity (Wildman–Crippen MR) is 66.9 cm³/mol. The summed E-state index contributed by atoms with van der Waals surface area (Å²) in [6.45, 7) is 0. The highest BCUT2D eigenvalue weighted by Crippen LogP contribution is 2.28. The summed E-state index contributed by atoms with van der Waals surface area (Å²) in [5.41, 5.74) is 8.07. The molecule has 0 saturated heterocycles. The zero-order chi connectivity index (χ0) is 12.1. The molecule has 1 fully saturated rings. The molecule has 2 rings (SSSR count). The number of aromatic nitrogens is 1. The van der Waals surface area contributed by atoms with Gasteiger partial charge >= 0.3 is 6.03 Å². The highest BCUT2D eigenvalue weighted by atomic mass is 16.2. The van der Waals surface area contributed by atoms with Gasteiger partial charge in [0.05, 0.1) is 6.21 Å². The van der Waals surface area contributed by atoms with Crippen LogP contribution in [-0.4, -0.2) is 16.8 Å². The predicted octanol–water partition coefficient (Wildman–Crippen LogP) is 2.00. The second kappa shape index (κ2) is 5.52. The number of hydrazone groups is 1. The zero-order valence-corrected chi connectivity index (χ0v) is 9.80. The standard InChI is InChI=1S/C12H18N4O/c13-12(17)15-14-8-10-6-7-16(9-10)11-4-2-1-3-5-11/h6-9,11H,1-5H2,(H3,13,15,17)/b14-8-. The number of nitrogens with zero attached hydrogens (tertiary/aromatic N) is 2. The Hall–Kier alpha value is -1.78. The third-order valence-electron chi connectivity index (χ3n) is 3.12. The van der Waals surface area contributed by atoms with Crippen LogP contribution in [0.2, 0.25) is 0 Å². The molecule has 1 aliphatic carbocycles. The lowest BCUT2D eigenvalue weighted by Crippen LogP contribution is -2.24. The molecular weight excluding hydrogens is 216 g/mol. The number of amides is 2. The number of carbonyl (C=O) groups is 1. The van der Waals surface area contributed by atoms with Crippen molar-refractivity contribution < 1.29 is 4.79 Å². The molecule has 0 unspecified atom stereocenters. The molecule has 0 atom stereocenters. The van der Waals surface area contributed by atoms with E-state index in [1.54, 1.807) is 6.21 Å². The summed E-state index contributed by atoms with van der Waals surface area (Å²) in [5, 5.41) is 3.74. The molecule has 0 radical (unpaired) electrons. The lowest BCUT2D eigenvalue weighted by molar-refractivity contribution is 0.249. The lowest BCUT2D eigenvalue weighted by Gasteiger charge is -2.23. The van der Waals surface area contributed by atoms with Crippen molar-refractivity contribution in [3.8, 4) is 0 Å². The monoisotopic (exact) mass is 234 g/mol. The van der Waals surface area contributed by atoms with Crippen molar-refractivity contribution in [1.29, 1.82) is 0 Å². The van der Waals surface area contributed by atoms with Crippen molar-refractivity contribution in [2.75, 3.05) is 0 Å². The smallest absolute Gasteiger partial charge is 0.332 e. The van der Waals surface area contributed by atoms with Gasteiger partial charge in [-0.2, -0.15) is 5.10 Å². The van der Waals surface area contributed by atoms with Crippen molar-refractivity contribution in [3.05, 3.63) is 24.0 Å². The fraction of sp³-hybridized carbons (Fsp3) is 0.500. The zero-order valence-electron chi connectivity index (χ0n) is 9.80. The van der Waals surface area contributed by atoms with E-state index in [0.29, 0.717) is 6.04 Å². The minimum absolute atomic E-state index is 0.620. The number of nitrogens with one attached hydrogen (secondary N) is 1. The van der Waals surface area contributed by atoms with E-state index in [0.717, 1.165) is 5.56 Å². The maximum absolute atomic E-state index is 10.4. The molecule has 5 heteroatoms. The highest BCUT2D eigenvalue weighted by Gasteiger charge is 2.14. The molecule has 0 spiro atoms. The Labute approximate surface area is 101 Å². The van der Waals surface area contributed by atoms with E-state index in [1.807, 2.05) is 6.07 Å². The average Bonchev–Trinajstić information content (AvgIpc) is 2.78. The molecule has 0 aromatic carbocycles. The SMILES string of the molecule is NC(=O)N/N=C\c1ccn(C2CCCCC2)c1. The van der Waals surface area contributed by atoms with Gasteiger partial charge in [-0.15, -0.1) is 0 Å². The number of carbonyl (C=O) groups excluding carboxylic acids is 1. The fourth-order valence-corrected chi connectivity index (χ4v) is 2.28. The van der Waals surface area contributed by atoms with Gasteiger partial charge in [-0.05, 0) is 18.9 Å². The van der Waals surface area contributed by atoms with Gasteiger partial charge in [0.2, 0.25) is 0 Å². The van der Waals surface area contributed by atoms with Crippen LogP contribution in [0.25, 0.3) is 0 Å². The van der Waals surface area contributed by atoms with Crippen LogP contribution in [0.15, 0.2) is 23.6 Å². The molecule has 1 saturated carbocycles. The van der Waals surface area contributed by atoms with Crippen molar-refractivity contribution in [3.63, 3.8) is 0 Å². The second-order valence-corrected chi connectivity index (χ2v) is 4.42. The number of nitrogens with two attached hydrogens (primary N) is 1. The van der Waals surface area contributed by atoms with Crippen LogP contribution < -0.4 is 11.2 Å². The summed E-state index contributed by atoms with van der Waals surface area (Å²) in [4.78, 5) is 10.4. The van der Waals surface area contributed by atoms with E-state index in [4.69, 9.17) is 5.73 Å². The summed E-state index contributed by atoms with van der Waals surface area (Å²) in [6.07, 6.45) is 12.2. The first-order valence-electron chi connectivity index (χ1n) is 6.02. The van der Waals surface area contributed by atoms with Gasteiger partial charge in [-0.3, -0.25) is 0 Å². The first-order valence-corrected chi connectivity index (χ1v) is 6.02. The maximum atomic E-state index is 10.4. The maximum Gasteiger partial charge on any atom is 0.332 e. The third-order valence-corrected chi connectivity index (χ3v) is 3.12. The van der Waals surface area contributed by atoms with E-state index in [1.165, 1.54) is 32.1 Å². The molecular formula is C12H18N4O. The Bertz CT molecular complexity index is 404. The largest absolute Gasteiger partial charge is 0.351 e. The first-order chi connectivity index (χ1) is 8.25. The Morgan fingerprint density at radius 2 is 2.24 bits per heavy atom. The normalized spacial score (nSPS) is 17.4. The Morgan fingerprint density at radius 3 is 2.94 bits per heavy atom. The molecule has 1 aromatic rings. The number of urea groups is 1. The number of rotatable bonds is 3. The second-order valence-electron chi connectivity index (χ2n) is 4.42. The van der Waals surface area contributed by atoms with Crippen molar-refractivity contribution in [2.24, 2.45) is 10.8 Å². The van der Waals surface area contributed by atoms with E-state index in [2.05, 4.69) is 27.5 Å². The molecule has 2 amide bonds. The van der Waals surface area contributed by atoms with E-state index in [9.17, 15) is 4.79 Å². The summed E-state index contributed by atoms with van der Waals surface area (Å²) in [6, 6.07) is 1.96. The van der Waals surface area contributed by atoms with Gasteiger partial charge < -0.3 is 10.3 Å². The van der Waals surface area contributed by atoms with Crippen LogP contribution >= 0.6 is 0 Å². The van der Waals surface area contributed by atoms with E-state index < -0.39 is 6.03 Å². The summed E-state index contributed by atoms with van der Waals surface area (Å²) in [5.74, 6) is 0. The summed E-state index contributed by atoms with van der Waals surface area (Å²) < 4.78 is 2.24. The molecule has 1 heterocycles. The van der Waals surface area contributed by atoms with Crippen LogP contribution in [0.5, 0.6) is 0 Å². The first kappa shape index (κ1) is 11.7. The molecule has 0 aliphatic heterocycles. The quantitative estimate of drug-likeness (QED) is 0.609. The Kier molecular flexibility index (Phi) is 3.80. The average molecular weight is 234 g/mol. The number of hydrogen-bond donors (Lipinski definition) is 2. The Morgan fingerprint density at radius 1 is 1.47 bits per heavy atom. The van der Waals surface area contributed by atoms with Gasteiger partial charge in [0.1, 0.15) is 0 Å². The molecule has 17 heavy (non-hydrogen) atoms. The van der Waals surface area contributed by atoms with Crippen LogP contribution in [0.1, 0.15) is 43.7 Å². The van der Waals surface area contributed by atoms with Gasteiger partial charge in [0.25, 0.3) is 0 Å². The van der Waals surface area contributed by atoms with E-state index >= 15 is 0 Å². The highest BCUT2D eigenvalue weighted by molar-refractivity contribution is 5.81. The van der Waals surface area contributed by atoms with Crippen LogP contribution in [0.3, 0.4) is 0 Å². The molecule has 1 aromatic heterocycles. The summed E-state index contributed by atoms with van der Waals surface area (Å²) in [7, 11) is 0. The van der Waals surface area contributed by atoms with Gasteiger partial charge in [-0.25, -0.2) is 10.2 Å².